The Labute approximate surface area is 188 Å². The Hall–Kier alpha value is -4.66. The minimum atomic E-state index is -0.574. The third-order valence-electron chi connectivity index (χ3n) is 4.83. The first kappa shape index (κ1) is 21.6. The first-order chi connectivity index (χ1) is 15.9. The molecule has 2 amide bonds. The topological polar surface area (TPSA) is 124 Å². The van der Waals surface area contributed by atoms with Gasteiger partial charge in [-0.2, -0.15) is 0 Å². The number of carbonyl (C=O) groups excluding carboxylic acids is 2. The fourth-order valence-electron chi connectivity index (χ4n) is 3.23. The monoisotopic (exact) mass is 445 g/mol. The molecule has 1 aromatic heterocycles. The van der Waals surface area contributed by atoms with Gasteiger partial charge in [-0.25, -0.2) is 0 Å². The lowest BCUT2D eigenvalue weighted by molar-refractivity contribution is -0.385. The first-order valence-corrected chi connectivity index (χ1v) is 9.97. The van der Waals surface area contributed by atoms with E-state index in [9.17, 15) is 19.7 Å². The predicted molar refractivity (Wildman–Crippen MR) is 123 cm³/mol. The van der Waals surface area contributed by atoms with Crippen LogP contribution >= 0.6 is 0 Å². The molecule has 2 N–H and O–H groups in total. The van der Waals surface area contributed by atoms with Crippen LogP contribution in [0.5, 0.6) is 5.75 Å². The van der Waals surface area contributed by atoms with E-state index in [-0.39, 0.29) is 23.1 Å². The van der Waals surface area contributed by atoms with Gasteiger partial charge in [0, 0.05) is 22.8 Å². The van der Waals surface area contributed by atoms with Gasteiger partial charge >= 0.3 is 5.69 Å². The maximum atomic E-state index is 12.6. The maximum absolute atomic E-state index is 12.6. The standard InChI is InChI=1S/C24H19N3O6/c1-15-12-17(25-23(28)14-32-21-9-5-3-7-19(21)27(30)31)10-11-18(15)26-24(29)22-13-16-6-2-4-8-20(16)33-22/h2-13H,14H2,1H3,(H,25,28)(H,26,29). The highest BCUT2D eigenvalue weighted by molar-refractivity contribution is 6.05. The summed E-state index contributed by atoms with van der Waals surface area (Å²) in [6.07, 6.45) is 0. The summed E-state index contributed by atoms with van der Waals surface area (Å²) in [7, 11) is 0. The number of benzene rings is 3. The van der Waals surface area contributed by atoms with Crippen LogP contribution in [-0.4, -0.2) is 23.3 Å². The van der Waals surface area contributed by atoms with Crippen molar-refractivity contribution in [3.8, 4) is 5.75 Å². The molecule has 4 rings (SSSR count). The Bertz CT molecular complexity index is 1330. The van der Waals surface area contributed by atoms with Gasteiger partial charge in [-0.05, 0) is 48.9 Å². The van der Waals surface area contributed by atoms with Crippen LogP contribution in [0.4, 0.5) is 17.1 Å². The van der Waals surface area contributed by atoms with Crippen LogP contribution in [0.1, 0.15) is 16.1 Å². The van der Waals surface area contributed by atoms with Gasteiger partial charge in [-0.15, -0.1) is 0 Å². The summed E-state index contributed by atoms with van der Waals surface area (Å²) < 4.78 is 10.9. The fourth-order valence-corrected chi connectivity index (χ4v) is 3.23. The Balaban J connectivity index is 1.37. The lowest BCUT2D eigenvalue weighted by atomic mass is 10.1. The average molecular weight is 445 g/mol. The van der Waals surface area contributed by atoms with Crippen molar-refractivity contribution in [3.05, 3.63) is 94.2 Å². The molecule has 0 radical (unpaired) electrons. The number of hydrogen-bond donors (Lipinski definition) is 2. The Kier molecular flexibility index (Phi) is 6.03. The molecule has 0 aliphatic rings. The van der Waals surface area contributed by atoms with Crippen molar-refractivity contribution in [1.82, 2.24) is 0 Å². The number of rotatable bonds is 7. The second-order valence-corrected chi connectivity index (χ2v) is 7.19. The molecular formula is C24H19N3O6. The van der Waals surface area contributed by atoms with Crippen LogP contribution in [0.15, 0.2) is 77.2 Å². The molecule has 9 heteroatoms. The van der Waals surface area contributed by atoms with E-state index >= 15 is 0 Å². The first-order valence-electron chi connectivity index (χ1n) is 9.97. The molecule has 9 nitrogen and oxygen atoms in total. The molecular weight excluding hydrogens is 426 g/mol. The van der Waals surface area contributed by atoms with Crippen LogP contribution in [0, 0.1) is 17.0 Å². The Morgan fingerprint density at radius 3 is 2.52 bits per heavy atom. The van der Waals surface area contributed by atoms with Gasteiger partial charge in [-0.3, -0.25) is 19.7 Å². The number of nitro benzene ring substituents is 1. The normalized spacial score (nSPS) is 10.6. The quantitative estimate of drug-likeness (QED) is 0.307. The van der Waals surface area contributed by atoms with Crippen molar-refractivity contribution >= 4 is 39.8 Å². The third kappa shape index (κ3) is 4.99. The largest absolute Gasteiger partial charge is 0.477 e. The lowest BCUT2D eigenvalue weighted by Gasteiger charge is -2.11. The Morgan fingerprint density at radius 1 is 1.00 bits per heavy atom. The van der Waals surface area contributed by atoms with Crippen molar-refractivity contribution in [3.63, 3.8) is 0 Å². The highest BCUT2D eigenvalue weighted by atomic mass is 16.6. The van der Waals surface area contributed by atoms with Crippen molar-refractivity contribution in [1.29, 1.82) is 0 Å². The predicted octanol–water partition coefficient (Wildman–Crippen LogP) is 4.92. The highest BCUT2D eigenvalue weighted by Crippen LogP contribution is 2.26. The Morgan fingerprint density at radius 2 is 1.76 bits per heavy atom. The summed E-state index contributed by atoms with van der Waals surface area (Å²) in [5.41, 5.74) is 2.18. The fraction of sp³-hybridized carbons (Fsp3) is 0.0833. The molecule has 0 bridgehead atoms. The van der Waals surface area contributed by atoms with E-state index in [4.69, 9.17) is 9.15 Å². The molecule has 4 aromatic rings. The van der Waals surface area contributed by atoms with Gasteiger partial charge in [0.2, 0.25) is 0 Å². The molecule has 0 atom stereocenters. The summed E-state index contributed by atoms with van der Waals surface area (Å²) >= 11 is 0. The van der Waals surface area contributed by atoms with Crippen LogP contribution in [0.3, 0.4) is 0 Å². The molecule has 0 saturated carbocycles. The molecule has 1 heterocycles. The number of aryl methyl sites for hydroxylation is 1. The van der Waals surface area contributed by atoms with E-state index in [1.54, 1.807) is 43.3 Å². The number of hydrogen-bond acceptors (Lipinski definition) is 6. The number of amides is 2. The van der Waals surface area contributed by atoms with Gasteiger partial charge < -0.3 is 19.8 Å². The lowest BCUT2D eigenvalue weighted by Crippen LogP contribution is -2.20. The summed E-state index contributed by atoms with van der Waals surface area (Å²) in [4.78, 5) is 35.2. The number of ether oxygens (including phenoxy) is 1. The van der Waals surface area contributed by atoms with Crippen molar-refractivity contribution in [2.75, 3.05) is 17.2 Å². The van der Waals surface area contributed by atoms with E-state index in [1.165, 1.54) is 18.2 Å². The van der Waals surface area contributed by atoms with Crippen molar-refractivity contribution in [2.45, 2.75) is 6.92 Å². The second kappa shape index (κ2) is 9.23. The van der Waals surface area contributed by atoms with Crippen molar-refractivity contribution in [2.24, 2.45) is 0 Å². The van der Waals surface area contributed by atoms with E-state index in [2.05, 4.69) is 10.6 Å². The summed E-state index contributed by atoms with van der Waals surface area (Å²) in [6.45, 7) is 1.39. The number of nitrogens with zero attached hydrogens (tertiary/aromatic N) is 1. The number of nitrogens with one attached hydrogen (secondary N) is 2. The third-order valence-corrected chi connectivity index (χ3v) is 4.83. The molecule has 166 valence electrons. The van der Waals surface area contributed by atoms with Gasteiger partial charge in [-0.1, -0.05) is 30.3 Å². The molecule has 0 spiro atoms. The number of furan rings is 1. The number of anilines is 2. The van der Waals surface area contributed by atoms with Gasteiger partial charge in [0.15, 0.2) is 18.1 Å². The molecule has 33 heavy (non-hydrogen) atoms. The summed E-state index contributed by atoms with van der Waals surface area (Å²) in [5, 5.41) is 17.3. The molecule has 3 aromatic carbocycles. The number of carbonyl (C=O) groups is 2. The minimum Gasteiger partial charge on any atom is -0.477 e. The van der Waals surface area contributed by atoms with Gasteiger partial charge in [0.1, 0.15) is 5.58 Å². The zero-order chi connectivity index (χ0) is 23.4. The minimum absolute atomic E-state index is 0.0116. The molecule has 0 unspecified atom stereocenters. The van der Waals surface area contributed by atoms with Crippen molar-refractivity contribution < 1.29 is 23.7 Å². The molecule has 0 saturated heterocycles. The van der Waals surface area contributed by atoms with Crippen LogP contribution < -0.4 is 15.4 Å². The van der Waals surface area contributed by atoms with E-state index < -0.39 is 17.4 Å². The number of nitro groups is 1. The smallest absolute Gasteiger partial charge is 0.310 e. The van der Waals surface area contributed by atoms with Gasteiger partial charge in [0.25, 0.3) is 11.8 Å². The summed E-state index contributed by atoms with van der Waals surface area (Å²) in [5.74, 6) is -0.659. The van der Waals surface area contributed by atoms with E-state index in [0.717, 1.165) is 10.9 Å². The zero-order valence-electron chi connectivity index (χ0n) is 17.5. The highest BCUT2D eigenvalue weighted by Gasteiger charge is 2.16. The SMILES string of the molecule is Cc1cc(NC(=O)COc2ccccc2[N+](=O)[O-])ccc1NC(=O)c1cc2ccccc2o1. The number of fused-ring (bicyclic) bond motifs is 1. The van der Waals surface area contributed by atoms with E-state index in [0.29, 0.717) is 17.0 Å². The van der Waals surface area contributed by atoms with E-state index in [1.807, 2.05) is 18.2 Å². The summed E-state index contributed by atoms with van der Waals surface area (Å²) in [6, 6.07) is 19.8. The van der Waals surface area contributed by atoms with Gasteiger partial charge in [0.05, 0.1) is 4.92 Å². The molecule has 0 aliphatic carbocycles. The van der Waals surface area contributed by atoms with Crippen LogP contribution in [0.2, 0.25) is 0 Å². The zero-order valence-corrected chi connectivity index (χ0v) is 17.5. The molecule has 0 aliphatic heterocycles. The van der Waals surface area contributed by atoms with Crippen LogP contribution in [0.25, 0.3) is 11.0 Å². The average Bonchev–Trinajstić information content (AvgIpc) is 3.24. The van der Waals surface area contributed by atoms with Crippen LogP contribution in [-0.2, 0) is 4.79 Å². The second-order valence-electron chi connectivity index (χ2n) is 7.19. The number of para-hydroxylation sites is 3. The maximum Gasteiger partial charge on any atom is 0.310 e. The molecule has 0 fully saturated rings.